The summed E-state index contributed by atoms with van der Waals surface area (Å²) >= 11 is 0. The van der Waals surface area contributed by atoms with Crippen LogP contribution in [-0.4, -0.2) is 39.4 Å². The van der Waals surface area contributed by atoms with E-state index in [0.29, 0.717) is 24.4 Å². The summed E-state index contributed by atoms with van der Waals surface area (Å²) in [6.07, 6.45) is 0. The topological polar surface area (TPSA) is 112 Å². The van der Waals surface area contributed by atoms with Crippen LogP contribution in [0.15, 0.2) is 12.1 Å². The number of benzene rings is 1. The third-order valence-corrected chi connectivity index (χ3v) is 2.64. The van der Waals surface area contributed by atoms with Crippen LogP contribution in [0.5, 0.6) is 0 Å². The van der Waals surface area contributed by atoms with Gasteiger partial charge in [0, 0.05) is 7.05 Å². The zero-order chi connectivity index (χ0) is 13.1. The van der Waals surface area contributed by atoms with Gasteiger partial charge < -0.3 is 21.3 Å². The summed E-state index contributed by atoms with van der Waals surface area (Å²) in [7, 11) is 1.81. The van der Waals surface area contributed by atoms with Gasteiger partial charge in [-0.1, -0.05) is 5.21 Å². The lowest BCUT2D eigenvalue weighted by Gasteiger charge is -2.09. The van der Waals surface area contributed by atoms with Crippen LogP contribution in [0.4, 0.5) is 5.69 Å². The second kappa shape index (κ2) is 5.30. The Morgan fingerprint density at radius 3 is 3.00 bits per heavy atom. The number of aliphatic hydroxyl groups is 1. The van der Waals surface area contributed by atoms with Gasteiger partial charge in [-0.3, -0.25) is 0 Å². The Hall–Kier alpha value is -1.70. The minimum absolute atomic E-state index is 0.0905. The minimum atomic E-state index is -0.357. The fourth-order valence-corrected chi connectivity index (χ4v) is 1.68. The SMILES string of the molecule is Cn1nnc2c(N)cc(COC[C@H](N)CO)cc21. The molecule has 1 atom stereocenters. The Kier molecular flexibility index (Phi) is 3.75. The molecule has 98 valence electrons. The molecule has 0 radical (unpaired) electrons. The molecule has 2 rings (SSSR count). The molecule has 1 aromatic carbocycles. The molecule has 0 saturated carbocycles. The maximum Gasteiger partial charge on any atom is 0.136 e. The van der Waals surface area contributed by atoms with Gasteiger partial charge in [-0.05, 0) is 17.7 Å². The molecule has 1 heterocycles. The Bertz CT molecular complexity index is 539. The van der Waals surface area contributed by atoms with Gasteiger partial charge in [0.2, 0.25) is 0 Å². The van der Waals surface area contributed by atoms with Crippen molar-refractivity contribution in [2.45, 2.75) is 12.6 Å². The Balaban J connectivity index is 2.11. The first-order valence-electron chi connectivity index (χ1n) is 5.63. The molecule has 18 heavy (non-hydrogen) atoms. The van der Waals surface area contributed by atoms with E-state index in [1.54, 1.807) is 11.7 Å². The molecule has 0 spiro atoms. The second-order valence-electron chi connectivity index (χ2n) is 4.22. The average Bonchev–Trinajstić information content (AvgIpc) is 2.72. The third kappa shape index (κ3) is 2.58. The van der Waals surface area contributed by atoms with E-state index < -0.39 is 0 Å². The van der Waals surface area contributed by atoms with E-state index in [1.807, 2.05) is 12.1 Å². The molecule has 7 nitrogen and oxygen atoms in total. The van der Waals surface area contributed by atoms with Gasteiger partial charge >= 0.3 is 0 Å². The van der Waals surface area contributed by atoms with E-state index in [4.69, 9.17) is 21.3 Å². The molecule has 5 N–H and O–H groups in total. The molecule has 0 aliphatic carbocycles. The number of nitrogens with two attached hydrogens (primary N) is 2. The number of aryl methyl sites for hydroxylation is 1. The highest BCUT2D eigenvalue weighted by Gasteiger charge is 2.08. The normalized spacial score (nSPS) is 13.1. The van der Waals surface area contributed by atoms with Crippen molar-refractivity contribution in [2.24, 2.45) is 12.8 Å². The molecule has 0 unspecified atom stereocenters. The smallest absolute Gasteiger partial charge is 0.136 e. The zero-order valence-corrected chi connectivity index (χ0v) is 10.2. The highest BCUT2D eigenvalue weighted by molar-refractivity contribution is 5.87. The molecular weight excluding hydrogens is 234 g/mol. The van der Waals surface area contributed by atoms with Crippen molar-refractivity contribution in [3.63, 3.8) is 0 Å². The van der Waals surface area contributed by atoms with Crippen LogP contribution >= 0.6 is 0 Å². The van der Waals surface area contributed by atoms with Gasteiger partial charge in [0.05, 0.1) is 37.1 Å². The lowest BCUT2D eigenvalue weighted by atomic mass is 10.2. The number of hydrogen-bond donors (Lipinski definition) is 3. The van der Waals surface area contributed by atoms with Gasteiger partial charge in [0.1, 0.15) is 5.52 Å². The first kappa shape index (κ1) is 12.7. The van der Waals surface area contributed by atoms with Crippen molar-refractivity contribution in [3.05, 3.63) is 17.7 Å². The van der Waals surface area contributed by atoms with E-state index in [0.717, 1.165) is 11.1 Å². The maximum atomic E-state index is 8.78. The zero-order valence-electron chi connectivity index (χ0n) is 10.2. The predicted molar refractivity (Wildman–Crippen MR) is 67.6 cm³/mol. The molecular formula is C11H17N5O2. The summed E-state index contributed by atoms with van der Waals surface area (Å²) in [6, 6.07) is 3.38. The van der Waals surface area contributed by atoms with Crippen molar-refractivity contribution in [3.8, 4) is 0 Å². The number of ether oxygens (including phenoxy) is 1. The van der Waals surface area contributed by atoms with Gasteiger partial charge in [0.15, 0.2) is 0 Å². The molecule has 0 aliphatic heterocycles. The Labute approximate surface area is 104 Å². The standard InChI is InChI=1S/C11H17N5O2/c1-16-10-3-7(5-18-6-8(12)4-17)2-9(13)11(10)14-15-16/h2-3,8,17H,4-6,12-13H2,1H3/t8-/m1/s1. The Morgan fingerprint density at radius 2 is 2.28 bits per heavy atom. The molecule has 0 fully saturated rings. The summed E-state index contributed by atoms with van der Waals surface area (Å²) in [5.41, 5.74) is 14.5. The number of hydrogen-bond acceptors (Lipinski definition) is 6. The van der Waals surface area contributed by atoms with Crippen molar-refractivity contribution < 1.29 is 9.84 Å². The Morgan fingerprint density at radius 1 is 1.50 bits per heavy atom. The number of nitrogen functional groups attached to an aromatic ring is 1. The van der Waals surface area contributed by atoms with Crippen LogP contribution in [0.1, 0.15) is 5.56 Å². The summed E-state index contributed by atoms with van der Waals surface area (Å²) in [6.45, 7) is 0.601. The van der Waals surface area contributed by atoms with Crippen LogP contribution < -0.4 is 11.5 Å². The van der Waals surface area contributed by atoms with Crippen LogP contribution in [0, 0.1) is 0 Å². The maximum absolute atomic E-state index is 8.78. The van der Waals surface area contributed by atoms with E-state index >= 15 is 0 Å². The number of fused-ring (bicyclic) bond motifs is 1. The monoisotopic (exact) mass is 251 g/mol. The molecule has 7 heteroatoms. The number of nitrogens with zero attached hydrogens (tertiary/aromatic N) is 3. The van der Waals surface area contributed by atoms with Gasteiger partial charge in [-0.25, -0.2) is 4.68 Å². The lowest BCUT2D eigenvalue weighted by Crippen LogP contribution is -2.29. The van der Waals surface area contributed by atoms with Gasteiger partial charge in [-0.15, -0.1) is 5.10 Å². The first-order chi connectivity index (χ1) is 8.61. The fraction of sp³-hybridized carbons (Fsp3) is 0.455. The summed E-state index contributed by atoms with van der Waals surface area (Å²) in [4.78, 5) is 0. The van der Waals surface area contributed by atoms with E-state index in [1.165, 1.54) is 0 Å². The van der Waals surface area contributed by atoms with Crippen LogP contribution in [0.25, 0.3) is 11.0 Å². The highest BCUT2D eigenvalue weighted by Crippen LogP contribution is 2.20. The van der Waals surface area contributed by atoms with Gasteiger partial charge in [-0.2, -0.15) is 0 Å². The summed E-state index contributed by atoms with van der Waals surface area (Å²) in [5, 5.41) is 16.7. The molecule has 2 aromatic rings. The van der Waals surface area contributed by atoms with Crippen LogP contribution in [0.2, 0.25) is 0 Å². The summed E-state index contributed by atoms with van der Waals surface area (Å²) in [5.74, 6) is 0. The van der Waals surface area contributed by atoms with Crippen molar-refractivity contribution in [2.75, 3.05) is 18.9 Å². The molecule has 0 bridgehead atoms. The van der Waals surface area contributed by atoms with E-state index in [9.17, 15) is 0 Å². The quantitative estimate of drug-likeness (QED) is 0.611. The van der Waals surface area contributed by atoms with Crippen molar-refractivity contribution in [1.82, 2.24) is 15.0 Å². The van der Waals surface area contributed by atoms with Crippen molar-refractivity contribution >= 4 is 16.7 Å². The summed E-state index contributed by atoms with van der Waals surface area (Å²) < 4.78 is 7.06. The largest absolute Gasteiger partial charge is 0.397 e. The number of aliphatic hydroxyl groups excluding tert-OH is 1. The molecule has 0 amide bonds. The highest BCUT2D eigenvalue weighted by atomic mass is 16.5. The second-order valence-corrected chi connectivity index (χ2v) is 4.22. The lowest BCUT2D eigenvalue weighted by molar-refractivity contribution is 0.0900. The predicted octanol–water partition coefficient (Wildman–Crippen LogP) is -0.613. The number of aromatic nitrogens is 3. The van der Waals surface area contributed by atoms with E-state index in [-0.39, 0.29) is 12.6 Å². The van der Waals surface area contributed by atoms with Gasteiger partial charge in [0.25, 0.3) is 0 Å². The third-order valence-electron chi connectivity index (χ3n) is 2.64. The first-order valence-corrected chi connectivity index (χ1v) is 5.63. The number of anilines is 1. The average molecular weight is 251 g/mol. The van der Waals surface area contributed by atoms with E-state index in [2.05, 4.69) is 10.3 Å². The van der Waals surface area contributed by atoms with Crippen molar-refractivity contribution in [1.29, 1.82) is 0 Å². The molecule has 0 saturated heterocycles. The number of rotatable bonds is 5. The molecule has 0 aliphatic rings. The fourth-order valence-electron chi connectivity index (χ4n) is 1.68. The minimum Gasteiger partial charge on any atom is -0.397 e. The van der Waals surface area contributed by atoms with Crippen LogP contribution in [0.3, 0.4) is 0 Å². The van der Waals surface area contributed by atoms with Crippen LogP contribution in [-0.2, 0) is 18.4 Å². The molecule has 1 aromatic heterocycles.